The van der Waals surface area contributed by atoms with Gasteiger partial charge >= 0.3 is 6.36 Å². The van der Waals surface area contributed by atoms with E-state index >= 15 is 0 Å². The third-order valence-corrected chi connectivity index (χ3v) is 3.27. The highest BCUT2D eigenvalue weighted by Crippen LogP contribution is 2.24. The Kier molecular flexibility index (Phi) is 5.01. The second-order valence-corrected chi connectivity index (χ2v) is 5.44. The van der Waals surface area contributed by atoms with Gasteiger partial charge in [0.25, 0.3) is 0 Å². The minimum absolute atomic E-state index is 0.135. The minimum atomic E-state index is -4.77. The van der Waals surface area contributed by atoms with E-state index in [1.165, 1.54) is 12.1 Å². The highest BCUT2D eigenvalue weighted by Gasteiger charge is 2.30. The van der Waals surface area contributed by atoms with Crippen LogP contribution in [0, 0.1) is 0 Å². The lowest BCUT2D eigenvalue weighted by molar-refractivity contribution is -0.274. The Morgan fingerprint density at radius 1 is 1.21 bits per heavy atom. The third kappa shape index (κ3) is 6.30. The number of hydrogen-bond donors (Lipinski definition) is 2. The fourth-order valence-corrected chi connectivity index (χ4v) is 2.26. The van der Waals surface area contributed by atoms with Gasteiger partial charge in [0.15, 0.2) is 0 Å². The average molecular weight is 298 g/mol. The van der Waals surface area contributed by atoms with Crippen molar-refractivity contribution in [1.82, 2.24) is 5.32 Å². The molecule has 0 aliphatic carbocycles. The molecule has 108 valence electrons. The second kappa shape index (κ2) is 6.11. The Hall–Kier alpha value is -1.48. The molecule has 0 aromatic heterocycles. The topological polar surface area (TPSA) is 67.4 Å². The number of benzene rings is 1. The van der Waals surface area contributed by atoms with Gasteiger partial charge in [0.2, 0.25) is 10.0 Å². The molecule has 0 heterocycles. The maximum atomic E-state index is 11.9. The van der Waals surface area contributed by atoms with E-state index in [9.17, 15) is 21.6 Å². The quantitative estimate of drug-likeness (QED) is 0.836. The molecule has 0 aliphatic rings. The van der Waals surface area contributed by atoms with E-state index in [1.807, 2.05) is 0 Å². The van der Waals surface area contributed by atoms with Gasteiger partial charge in [0.05, 0.1) is 5.75 Å². The summed E-state index contributed by atoms with van der Waals surface area (Å²) in [7, 11) is -1.91. The Labute approximate surface area is 108 Å². The summed E-state index contributed by atoms with van der Waals surface area (Å²) >= 11 is 0. The molecular weight excluding hydrogens is 285 g/mol. The molecule has 0 aliphatic heterocycles. The molecule has 0 fully saturated rings. The Morgan fingerprint density at radius 2 is 1.79 bits per heavy atom. The van der Waals surface area contributed by atoms with Crippen LogP contribution in [-0.4, -0.2) is 34.1 Å². The van der Waals surface area contributed by atoms with Crippen molar-refractivity contribution in [1.29, 1.82) is 0 Å². The molecule has 0 atom stereocenters. The van der Waals surface area contributed by atoms with E-state index in [1.54, 1.807) is 7.05 Å². The standard InChI is InChI=1S/C10H13F3N2O3S/c1-14-6-7-19(16,17)15-8-2-4-9(5-3-8)18-10(11,12)13/h2-5,14-15H,6-7H2,1H3. The van der Waals surface area contributed by atoms with Crippen molar-refractivity contribution >= 4 is 15.7 Å². The fraction of sp³-hybridized carbons (Fsp3) is 0.400. The molecule has 1 rings (SSSR count). The van der Waals surface area contributed by atoms with Crippen LogP contribution in [0.4, 0.5) is 18.9 Å². The molecule has 9 heteroatoms. The van der Waals surface area contributed by atoms with E-state index in [0.717, 1.165) is 12.1 Å². The summed E-state index contributed by atoms with van der Waals surface area (Å²) in [6.07, 6.45) is -4.77. The zero-order valence-corrected chi connectivity index (χ0v) is 10.8. The lowest BCUT2D eigenvalue weighted by Gasteiger charge is -2.10. The average Bonchev–Trinajstić information content (AvgIpc) is 2.27. The van der Waals surface area contributed by atoms with Gasteiger partial charge in [-0.1, -0.05) is 0 Å². The van der Waals surface area contributed by atoms with Crippen molar-refractivity contribution < 1.29 is 26.3 Å². The Bertz CT molecular complexity index is 500. The molecular formula is C10H13F3N2O3S. The van der Waals surface area contributed by atoms with Crippen LogP contribution in [0.5, 0.6) is 5.75 Å². The summed E-state index contributed by atoms with van der Waals surface area (Å²) in [4.78, 5) is 0. The van der Waals surface area contributed by atoms with Crippen LogP contribution >= 0.6 is 0 Å². The van der Waals surface area contributed by atoms with Crippen LogP contribution in [0.25, 0.3) is 0 Å². The first-order chi connectivity index (χ1) is 8.72. The first kappa shape index (κ1) is 15.6. The molecule has 2 N–H and O–H groups in total. The number of halogens is 3. The van der Waals surface area contributed by atoms with Crippen molar-refractivity contribution in [2.45, 2.75) is 6.36 Å². The minimum Gasteiger partial charge on any atom is -0.406 e. The summed E-state index contributed by atoms with van der Waals surface area (Å²) in [5, 5.41) is 2.68. The summed E-state index contributed by atoms with van der Waals surface area (Å²) in [5.41, 5.74) is 0.172. The van der Waals surface area contributed by atoms with Gasteiger partial charge in [-0.15, -0.1) is 13.2 Å². The predicted octanol–water partition coefficient (Wildman–Crippen LogP) is 1.55. The molecule has 1 aromatic carbocycles. The van der Waals surface area contributed by atoms with Crippen molar-refractivity contribution in [2.24, 2.45) is 0 Å². The second-order valence-electron chi connectivity index (χ2n) is 3.60. The summed E-state index contributed by atoms with van der Waals surface area (Å²) in [6.45, 7) is 0.268. The number of alkyl halides is 3. The molecule has 0 bridgehead atoms. The highest BCUT2D eigenvalue weighted by atomic mass is 32.2. The van der Waals surface area contributed by atoms with Crippen LogP contribution in [0.1, 0.15) is 0 Å². The normalized spacial score (nSPS) is 12.2. The Morgan fingerprint density at radius 3 is 2.26 bits per heavy atom. The van der Waals surface area contributed by atoms with E-state index in [4.69, 9.17) is 0 Å². The first-order valence-electron chi connectivity index (χ1n) is 5.23. The number of hydrogen-bond acceptors (Lipinski definition) is 4. The zero-order chi connectivity index (χ0) is 14.5. The van der Waals surface area contributed by atoms with Gasteiger partial charge in [-0.05, 0) is 31.3 Å². The van der Waals surface area contributed by atoms with Gasteiger partial charge in [0.1, 0.15) is 5.75 Å². The maximum Gasteiger partial charge on any atom is 0.573 e. The number of sulfonamides is 1. The van der Waals surface area contributed by atoms with Gasteiger partial charge in [-0.3, -0.25) is 4.72 Å². The lowest BCUT2D eigenvalue weighted by Crippen LogP contribution is -2.24. The van der Waals surface area contributed by atoms with Crippen molar-refractivity contribution in [2.75, 3.05) is 24.1 Å². The molecule has 0 spiro atoms. The molecule has 0 radical (unpaired) electrons. The first-order valence-corrected chi connectivity index (χ1v) is 6.88. The number of ether oxygens (including phenoxy) is 1. The monoisotopic (exact) mass is 298 g/mol. The molecule has 0 unspecified atom stereocenters. The fourth-order valence-electron chi connectivity index (χ4n) is 1.19. The maximum absolute atomic E-state index is 11.9. The summed E-state index contributed by atoms with van der Waals surface area (Å²) < 4.78 is 64.7. The number of nitrogens with one attached hydrogen (secondary N) is 2. The molecule has 0 saturated carbocycles. The molecule has 5 nitrogen and oxygen atoms in total. The van der Waals surface area contributed by atoms with Crippen LogP contribution in [0.15, 0.2) is 24.3 Å². The van der Waals surface area contributed by atoms with Crippen LogP contribution < -0.4 is 14.8 Å². The van der Waals surface area contributed by atoms with Gasteiger partial charge in [0, 0.05) is 12.2 Å². The van der Waals surface area contributed by atoms with E-state index in [2.05, 4.69) is 14.8 Å². The molecule has 0 amide bonds. The van der Waals surface area contributed by atoms with E-state index < -0.39 is 22.1 Å². The van der Waals surface area contributed by atoms with Crippen LogP contribution in [0.2, 0.25) is 0 Å². The van der Waals surface area contributed by atoms with Crippen LogP contribution in [-0.2, 0) is 10.0 Å². The smallest absolute Gasteiger partial charge is 0.406 e. The lowest BCUT2D eigenvalue weighted by atomic mass is 10.3. The number of rotatable bonds is 6. The molecule has 1 aromatic rings. The van der Waals surface area contributed by atoms with E-state index in [-0.39, 0.29) is 18.0 Å². The zero-order valence-electron chi connectivity index (χ0n) is 9.99. The predicted molar refractivity (Wildman–Crippen MR) is 64.5 cm³/mol. The van der Waals surface area contributed by atoms with Crippen molar-refractivity contribution in [3.8, 4) is 5.75 Å². The van der Waals surface area contributed by atoms with Crippen molar-refractivity contribution in [3.05, 3.63) is 24.3 Å². The van der Waals surface area contributed by atoms with Gasteiger partial charge < -0.3 is 10.1 Å². The Balaban J connectivity index is 2.67. The third-order valence-electron chi connectivity index (χ3n) is 1.98. The number of anilines is 1. The molecule has 19 heavy (non-hydrogen) atoms. The molecule has 0 saturated heterocycles. The van der Waals surface area contributed by atoms with E-state index in [0.29, 0.717) is 0 Å². The largest absolute Gasteiger partial charge is 0.573 e. The summed E-state index contributed by atoms with van der Waals surface area (Å²) in [6, 6.07) is 4.45. The SMILES string of the molecule is CNCCS(=O)(=O)Nc1ccc(OC(F)(F)F)cc1. The van der Waals surface area contributed by atoms with Gasteiger partial charge in [-0.25, -0.2) is 8.42 Å². The van der Waals surface area contributed by atoms with Crippen molar-refractivity contribution in [3.63, 3.8) is 0 Å². The van der Waals surface area contributed by atoms with Gasteiger partial charge in [-0.2, -0.15) is 0 Å². The van der Waals surface area contributed by atoms with Crippen LogP contribution in [0.3, 0.4) is 0 Å². The summed E-state index contributed by atoms with van der Waals surface area (Å²) in [5.74, 6) is -0.546. The highest BCUT2D eigenvalue weighted by molar-refractivity contribution is 7.92.